The van der Waals surface area contributed by atoms with Gasteiger partial charge >= 0.3 is 0 Å². The van der Waals surface area contributed by atoms with E-state index < -0.39 is 19.7 Å². The maximum atomic E-state index is 13.1. The molecule has 8 rings (SSSR count). The first kappa shape index (κ1) is 36.3. The fourth-order valence-electron chi connectivity index (χ4n) is 8.04. The number of sulfone groups is 2. The van der Waals surface area contributed by atoms with Crippen LogP contribution in [0.1, 0.15) is 48.6 Å². The molecule has 0 saturated carbocycles. The average Bonchev–Trinajstić information content (AvgIpc) is 3.56. The number of hydrogen-bond donors (Lipinski definition) is 2. The third-order valence-corrected chi connectivity index (χ3v) is 14.6. The van der Waals surface area contributed by atoms with Crippen molar-refractivity contribution in [3.8, 4) is 11.5 Å². The SMILES string of the molecule is COc1ccc(S(=O)(=O)c2ccc3c(c2)[C@H]2CCN(C)CC[C@H]2N3)cc1.COc1cccc(S(=O)(=O)c2ccc3c(c2)[C@H]2CCN(C)CC[C@H]2N3)c1. The molecule has 2 fully saturated rings. The normalized spacial score (nSPS) is 22.8. The smallest absolute Gasteiger partial charge is 0.206 e. The van der Waals surface area contributed by atoms with Crippen LogP contribution in [0.3, 0.4) is 0 Å². The molecule has 276 valence electrons. The van der Waals surface area contributed by atoms with Gasteiger partial charge < -0.3 is 29.9 Å². The van der Waals surface area contributed by atoms with Gasteiger partial charge in [0.05, 0.1) is 33.8 Å². The maximum Gasteiger partial charge on any atom is 0.206 e. The van der Waals surface area contributed by atoms with Gasteiger partial charge in [-0.05, 0) is 156 Å². The van der Waals surface area contributed by atoms with Crippen molar-refractivity contribution >= 4 is 31.0 Å². The highest BCUT2D eigenvalue weighted by Gasteiger charge is 2.36. The van der Waals surface area contributed by atoms with Gasteiger partial charge in [-0.2, -0.15) is 0 Å². The van der Waals surface area contributed by atoms with Crippen LogP contribution < -0.4 is 20.1 Å². The van der Waals surface area contributed by atoms with E-state index in [2.05, 4.69) is 34.5 Å². The first-order valence-electron chi connectivity index (χ1n) is 17.9. The Kier molecular flexibility index (Phi) is 10.3. The molecule has 0 aliphatic carbocycles. The van der Waals surface area contributed by atoms with Crippen LogP contribution in [-0.4, -0.2) is 93.2 Å². The summed E-state index contributed by atoms with van der Waals surface area (Å²) in [5, 5.41) is 7.18. The van der Waals surface area contributed by atoms with E-state index in [-0.39, 0.29) is 4.90 Å². The second kappa shape index (κ2) is 14.7. The lowest BCUT2D eigenvalue weighted by molar-refractivity contribution is 0.346. The minimum atomic E-state index is -3.57. The van der Waals surface area contributed by atoms with Gasteiger partial charge in [0, 0.05) is 35.3 Å². The summed E-state index contributed by atoms with van der Waals surface area (Å²) in [7, 11) is 0.289. The molecule has 4 heterocycles. The van der Waals surface area contributed by atoms with Crippen LogP contribution in [-0.2, 0) is 19.7 Å². The molecule has 0 radical (unpaired) electrons. The Bertz CT molecular complexity index is 2140. The first-order chi connectivity index (χ1) is 25.0. The van der Waals surface area contributed by atoms with Crippen molar-refractivity contribution in [2.24, 2.45) is 0 Å². The van der Waals surface area contributed by atoms with Crippen LogP contribution in [0.5, 0.6) is 11.5 Å². The summed E-state index contributed by atoms with van der Waals surface area (Å²) in [4.78, 5) is 5.96. The highest BCUT2D eigenvalue weighted by atomic mass is 32.2. The molecule has 0 spiro atoms. The lowest BCUT2D eigenvalue weighted by Gasteiger charge is -2.16. The summed E-state index contributed by atoms with van der Waals surface area (Å²) in [6.45, 7) is 4.21. The average molecular weight is 745 g/mol. The van der Waals surface area contributed by atoms with Crippen molar-refractivity contribution in [1.29, 1.82) is 0 Å². The second-order valence-corrected chi connectivity index (χ2v) is 18.2. The van der Waals surface area contributed by atoms with Crippen LogP contribution in [0.15, 0.2) is 105 Å². The molecule has 4 aliphatic heterocycles. The van der Waals surface area contributed by atoms with Crippen LogP contribution >= 0.6 is 0 Å². The number of anilines is 2. The highest BCUT2D eigenvalue weighted by molar-refractivity contribution is 7.91. The summed E-state index contributed by atoms with van der Waals surface area (Å²) in [6, 6.07) is 25.0. The van der Waals surface area contributed by atoms with Gasteiger partial charge in [-0.3, -0.25) is 0 Å². The molecule has 52 heavy (non-hydrogen) atoms. The van der Waals surface area contributed by atoms with Gasteiger partial charge in [0.1, 0.15) is 11.5 Å². The minimum absolute atomic E-state index is 0.264. The third-order valence-electron chi connectivity index (χ3n) is 11.1. The fraction of sp³-hybridized carbons (Fsp3) is 0.400. The molecule has 4 aliphatic rings. The van der Waals surface area contributed by atoms with Gasteiger partial charge in [0.2, 0.25) is 19.7 Å². The second-order valence-electron chi connectivity index (χ2n) is 14.3. The topological polar surface area (TPSA) is 117 Å². The van der Waals surface area contributed by atoms with Crippen LogP contribution in [0.4, 0.5) is 11.4 Å². The maximum absolute atomic E-state index is 13.1. The number of benzene rings is 4. The first-order valence-corrected chi connectivity index (χ1v) is 20.9. The predicted molar refractivity (Wildman–Crippen MR) is 204 cm³/mol. The van der Waals surface area contributed by atoms with Crippen LogP contribution in [0.2, 0.25) is 0 Å². The largest absolute Gasteiger partial charge is 0.497 e. The van der Waals surface area contributed by atoms with Crippen molar-refractivity contribution in [2.45, 2.75) is 69.2 Å². The third kappa shape index (κ3) is 7.13. The van der Waals surface area contributed by atoms with Gasteiger partial charge in [-0.15, -0.1) is 0 Å². The van der Waals surface area contributed by atoms with Gasteiger partial charge in [0.25, 0.3) is 0 Å². The molecule has 4 aromatic carbocycles. The number of nitrogens with zero attached hydrogens (tertiary/aromatic N) is 2. The van der Waals surface area contributed by atoms with Crippen molar-refractivity contribution < 1.29 is 26.3 Å². The summed E-state index contributed by atoms with van der Waals surface area (Å²) >= 11 is 0. The van der Waals surface area contributed by atoms with Crippen LogP contribution in [0.25, 0.3) is 0 Å². The Hall–Kier alpha value is -4.10. The van der Waals surface area contributed by atoms with E-state index >= 15 is 0 Å². The van der Waals surface area contributed by atoms with E-state index in [1.165, 1.54) is 7.11 Å². The molecule has 10 nitrogen and oxygen atoms in total. The Balaban J connectivity index is 0.000000162. The minimum Gasteiger partial charge on any atom is -0.497 e. The molecule has 0 amide bonds. The van der Waals surface area contributed by atoms with E-state index in [4.69, 9.17) is 9.47 Å². The van der Waals surface area contributed by atoms with Gasteiger partial charge in [-0.1, -0.05) is 6.07 Å². The van der Waals surface area contributed by atoms with Crippen molar-refractivity contribution in [2.75, 3.05) is 65.1 Å². The summed E-state index contributed by atoms with van der Waals surface area (Å²) in [5.74, 6) is 1.93. The molecule has 4 atom stereocenters. The quantitative estimate of drug-likeness (QED) is 0.234. The van der Waals surface area contributed by atoms with E-state index in [1.807, 2.05) is 24.3 Å². The molecular formula is C40H48N4O6S2. The zero-order chi connectivity index (χ0) is 36.6. The molecule has 2 saturated heterocycles. The zero-order valence-electron chi connectivity index (χ0n) is 30.2. The lowest BCUT2D eigenvalue weighted by Crippen LogP contribution is -2.22. The van der Waals surface area contributed by atoms with Gasteiger partial charge in [0.15, 0.2) is 0 Å². The molecule has 0 unspecified atom stereocenters. The molecule has 4 aromatic rings. The van der Waals surface area contributed by atoms with E-state index in [0.717, 1.165) is 74.4 Å². The summed E-state index contributed by atoms with van der Waals surface area (Å²) < 4.78 is 62.6. The van der Waals surface area contributed by atoms with Crippen molar-refractivity contribution in [3.63, 3.8) is 0 Å². The standard InChI is InChI=1S/2C20H24N2O3S/c1-22-11-9-17-18-13-16(7-8-19(18)21-20(17)10-12-22)26(23,24)15-5-3-14(25-2)4-6-15;1-22-10-8-17-18-13-16(6-7-19(18)21-20(17)9-11-22)26(23,24)15-5-3-4-14(12-15)25-2/h3-8,13,17,20-21H,9-12H2,1-2H3;3-7,12-13,17,20-21H,8-11H2,1-2H3/t2*17-,20-/m11/s1. The number of likely N-dealkylation sites (tertiary alicyclic amines) is 2. The Labute approximate surface area is 308 Å². The zero-order valence-corrected chi connectivity index (χ0v) is 31.8. The number of hydrogen-bond acceptors (Lipinski definition) is 10. The molecule has 2 N–H and O–H groups in total. The Morgan fingerprint density at radius 1 is 0.538 bits per heavy atom. The number of fused-ring (bicyclic) bond motifs is 6. The summed E-state index contributed by atoms with van der Waals surface area (Å²) in [6.07, 6.45) is 4.25. The number of rotatable bonds is 6. The van der Waals surface area contributed by atoms with E-state index in [9.17, 15) is 16.8 Å². The van der Waals surface area contributed by atoms with E-state index in [1.54, 1.807) is 67.8 Å². The molecule has 0 bridgehead atoms. The van der Waals surface area contributed by atoms with Crippen molar-refractivity contribution in [3.05, 3.63) is 96.1 Å². The number of methoxy groups -OCH3 is 2. The fourth-order valence-corrected chi connectivity index (χ4v) is 10.7. The Morgan fingerprint density at radius 2 is 0.981 bits per heavy atom. The summed E-state index contributed by atoms with van der Waals surface area (Å²) in [5.41, 5.74) is 4.43. The van der Waals surface area contributed by atoms with Crippen molar-refractivity contribution in [1.82, 2.24) is 9.80 Å². The highest BCUT2D eigenvalue weighted by Crippen LogP contribution is 2.44. The van der Waals surface area contributed by atoms with E-state index in [0.29, 0.717) is 50.1 Å². The monoisotopic (exact) mass is 744 g/mol. The molecular weight excluding hydrogens is 697 g/mol. The number of ether oxygens (including phenoxy) is 2. The Morgan fingerprint density at radius 3 is 1.48 bits per heavy atom. The number of nitrogens with one attached hydrogen (secondary N) is 2. The predicted octanol–water partition coefficient (Wildman–Crippen LogP) is 6.26. The van der Waals surface area contributed by atoms with Crippen LogP contribution in [0, 0.1) is 0 Å². The molecule has 12 heteroatoms. The van der Waals surface area contributed by atoms with Gasteiger partial charge in [-0.25, -0.2) is 16.8 Å². The molecule has 0 aromatic heterocycles. The lowest BCUT2D eigenvalue weighted by atomic mass is 9.91.